The second-order valence-electron chi connectivity index (χ2n) is 6.84. The molecule has 1 N–H and O–H groups in total. The number of amides is 2. The number of carbonyl (C=O) groups excluding carboxylic acids is 2. The number of hydrogen-bond donors (Lipinski definition) is 1. The summed E-state index contributed by atoms with van der Waals surface area (Å²) in [6.07, 6.45) is 0.822. The Labute approximate surface area is 181 Å². The van der Waals surface area contributed by atoms with E-state index in [0.29, 0.717) is 28.9 Å². The molecule has 2 aromatic rings. The topological polar surface area (TPSA) is 58.6 Å². The summed E-state index contributed by atoms with van der Waals surface area (Å²) >= 11 is 12.0. The molecule has 2 aromatic carbocycles. The van der Waals surface area contributed by atoms with Crippen LogP contribution in [-0.2, 0) is 16.1 Å². The van der Waals surface area contributed by atoms with Gasteiger partial charge in [-0.1, -0.05) is 60.0 Å². The zero-order chi connectivity index (χ0) is 21.4. The molecule has 0 heterocycles. The summed E-state index contributed by atoms with van der Waals surface area (Å²) in [6, 6.07) is 12.0. The van der Waals surface area contributed by atoms with Crippen LogP contribution in [0.3, 0.4) is 0 Å². The first-order chi connectivity index (χ1) is 13.8. The first-order valence-corrected chi connectivity index (χ1v) is 10.3. The van der Waals surface area contributed by atoms with E-state index in [-0.39, 0.29) is 18.4 Å². The Morgan fingerprint density at radius 3 is 2.59 bits per heavy atom. The number of benzene rings is 2. The average Bonchev–Trinajstić information content (AvgIpc) is 2.69. The molecule has 0 fully saturated rings. The van der Waals surface area contributed by atoms with Crippen molar-refractivity contribution in [3.8, 4) is 5.75 Å². The SMILES string of the molecule is CCCNC(=O)[C@@H](C)N(Cc1cccc(C)c1)C(=O)COc1ccc(Cl)cc1Cl. The lowest BCUT2D eigenvalue weighted by atomic mass is 10.1. The molecule has 29 heavy (non-hydrogen) atoms. The fraction of sp³-hybridized carbons (Fsp3) is 0.364. The molecule has 0 unspecified atom stereocenters. The number of ether oxygens (including phenoxy) is 1. The van der Waals surface area contributed by atoms with Crippen LogP contribution in [0.15, 0.2) is 42.5 Å². The number of nitrogens with zero attached hydrogens (tertiary/aromatic N) is 1. The van der Waals surface area contributed by atoms with E-state index in [4.69, 9.17) is 27.9 Å². The Kier molecular flexibility index (Phi) is 8.80. The lowest BCUT2D eigenvalue weighted by Gasteiger charge is -2.29. The Hall–Kier alpha value is -2.24. The third kappa shape index (κ3) is 6.94. The fourth-order valence-electron chi connectivity index (χ4n) is 2.80. The van der Waals surface area contributed by atoms with Crippen molar-refractivity contribution in [3.63, 3.8) is 0 Å². The highest BCUT2D eigenvalue weighted by atomic mass is 35.5. The van der Waals surface area contributed by atoms with E-state index >= 15 is 0 Å². The molecule has 7 heteroatoms. The van der Waals surface area contributed by atoms with E-state index in [9.17, 15) is 9.59 Å². The van der Waals surface area contributed by atoms with Gasteiger partial charge >= 0.3 is 0 Å². The standard InChI is InChI=1S/C22H26Cl2N2O3/c1-4-10-25-22(28)16(3)26(13-17-7-5-6-15(2)11-17)21(27)14-29-20-9-8-18(23)12-19(20)24/h5-9,11-12,16H,4,10,13-14H2,1-3H3,(H,25,28)/t16-/m1/s1. The van der Waals surface area contributed by atoms with E-state index < -0.39 is 6.04 Å². The minimum Gasteiger partial charge on any atom is -0.482 e. The van der Waals surface area contributed by atoms with Crippen LogP contribution in [-0.4, -0.2) is 35.9 Å². The van der Waals surface area contributed by atoms with Gasteiger partial charge in [0, 0.05) is 18.1 Å². The van der Waals surface area contributed by atoms with Crippen LogP contribution in [0, 0.1) is 6.92 Å². The number of halogens is 2. The van der Waals surface area contributed by atoms with E-state index in [1.807, 2.05) is 38.1 Å². The monoisotopic (exact) mass is 436 g/mol. The molecule has 0 saturated heterocycles. The van der Waals surface area contributed by atoms with Crippen molar-refractivity contribution >= 4 is 35.0 Å². The maximum atomic E-state index is 13.0. The van der Waals surface area contributed by atoms with Crippen molar-refractivity contribution in [1.29, 1.82) is 0 Å². The Morgan fingerprint density at radius 1 is 1.17 bits per heavy atom. The molecule has 0 bridgehead atoms. The quantitative estimate of drug-likeness (QED) is 0.623. The molecule has 0 aromatic heterocycles. The molecular weight excluding hydrogens is 411 g/mol. The maximum Gasteiger partial charge on any atom is 0.261 e. The highest BCUT2D eigenvalue weighted by Crippen LogP contribution is 2.27. The predicted molar refractivity (Wildman–Crippen MR) is 116 cm³/mol. The normalized spacial score (nSPS) is 11.6. The lowest BCUT2D eigenvalue weighted by Crippen LogP contribution is -2.49. The van der Waals surface area contributed by atoms with Gasteiger partial charge in [0.05, 0.1) is 5.02 Å². The van der Waals surface area contributed by atoms with Crippen molar-refractivity contribution in [3.05, 3.63) is 63.6 Å². The van der Waals surface area contributed by atoms with E-state index in [1.165, 1.54) is 4.90 Å². The largest absolute Gasteiger partial charge is 0.482 e. The zero-order valence-electron chi connectivity index (χ0n) is 16.9. The number of aryl methyl sites for hydroxylation is 1. The van der Waals surface area contributed by atoms with Crippen LogP contribution < -0.4 is 10.1 Å². The van der Waals surface area contributed by atoms with Crippen molar-refractivity contribution in [2.75, 3.05) is 13.2 Å². The number of nitrogens with one attached hydrogen (secondary N) is 1. The third-order valence-corrected chi connectivity index (χ3v) is 4.93. The summed E-state index contributed by atoms with van der Waals surface area (Å²) in [5.41, 5.74) is 2.03. The number of rotatable bonds is 9. The molecule has 2 rings (SSSR count). The van der Waals surface area contributed by atoms with Crippen molar-refractivity contribution in [2.24, 2.45) is 0 Å². The Bertz CT molecular complexity index is 858. The van der Waals surface area contributed by atoms with Crippen LogP contribution in [0.4, 0.5) is 0 Å². The van der Waals surface area contributed by atoms with Crippen LogP contribution in [0.25, 0.3) is 0 Å². The van der Waals surface area contributed by atoms with Gasteiger partial charge in [0.15, 0.2) is 6.61 Å². The zero-order valence-corrected chi connectivity index (χ0v) is 18.4. The van der Waals surface area contributed by atoms with E-state index in [0.717, 1.165) is 17.5 Å². The van der Waals surface area contributed by atoms with Crippen LogP contribution in [0.2, 0.25) is 10.0 Å². The van der Waals surface area contributed by atoms with Gasteiger partial charge in [-0.25, -0.2) is 0 Å². The van der Waals surface area contributed by atoms with Gasteiger partial charge in [-0.15, -0.1) is 0 Å². The van der Waals surface area contributed by atoms with E-state index in [1.54, 1.807) is 25.1 Å². The second kappa shape index (κ2) is 11.1. The highest BCUT2D eigenvalue weighted by Gasteiger charge is 2.26. The molecule has 0 aliphatic rings. The molecule has 156 valence electrons. The average molecular weight is 437 g/mol. The first kappa shape index (κ1) is 23.0. The smallest absolute Gasteiger partial charge is 0.261 e. The van der Waals surface area contributed by atoms with E-state index in [2.05, 4.69) is 5.32 Å². The summed E-state index contributed by atoms with van der Waals surface area (Å²) in [5.74, 6) is -0.142. The van der Waals surface area contributed by atoms with Crippen molar-refractivity contribution < 1.29 is 14.3 Å². The van der Waals surface area contributed by atoms with Crippen molar-refractivity contribution in [1.82, 2.24) is 10.2 Å². The fourth-order valence-corrected chi connectivity index (χ4v) is 3.26. The third-order valence-electron chi connectivity index (χ3n) is 4.40. The molecule has 2 amide bonds. The maximum absolute atomic E-state index is 13.0. The molecule has 0 aliphatic carbocycles. The molecule has 5 nitrogen and oxygen atoms in total. The lowest BCUT2D eigenvalue weighted by molar-refractivity contribution is -0.142. The number of hydrogen-bond acceptors (Lipinski definition) is 3. The molecule has 1 atom stereocenters. The Balaban J connectivity index is 2.15. The molecule has 0 spiro atoms. The van der Waals surface area contributed by atoms with Gasteiger partial charge < -0.3 is 15.0 Å². The minimum absolute atomic E-state index is 0.197. The van der Waals surface area contributed by atoms with Gasteiger partial charge in [0.1, 0.15) is 11.8 Å². The van der Waals surface area contributed by atoms with Crippen LogP contribution in [0.1, 0.15) is 31.4 Å². The van der Waals surface area contributed by atoms with Gasteiger partial charge in [-0.3, -0.25) is 9.59 Å². The Morgan fingerprint density at radius 2 is 1.93 bits per heavy atom. The molecular formula is C22H26Cl2N2O3. The molecule has 0 aliphatic heterocycles. The first-order valence-electron chi connectivity index (χ1n) is 9.52. The van der Waals surface area contributed by atoms with Gasteiger partial charge in [-0.2, -0.15) is 0 Å². The minimum atomic E-state index is -0.640. The van der Waals surface area contributed by atoms with Crippen molar-refractivity contribution in [2.45, 2.75) is 39.8 Å². The molecule has 0 radical (unpaired) electrons. The van der Waals surface area contributed by atoms with Crippen LogP contribution in [0.5, 0.6) is 5.75 Å². The second-order valence-corrected chi connectivity index (χ2v) is 7.68. The highest BCUT2D eigenvalue weighted by molar-refractivity contribution is 6.35. The predicted octanol–water partition coefficient (Wildman–Crippen LogP) is 4.62. The summed E-state index contributed by atoms with van der Waals surface area (Å²) in [6.45, 7) is 6.31. The van der Waals surface area contributed by atoms with Crippen LogP contribution >= 0.6 is 23.2 Å². The summed E-state index contributed by atoms with van der Waals surface area (Å²) in [4.78, 5) is 27.0. The summed E-state index contributed by atoms with van der Waals surface area (Å²) in [7, 11) is 0. The number of carbonyl (C=O) groups is 2. The summed E-state index contributed by atoms with van der Waals surface area (Å²) in [5, 5.41) is 3.65. The van der Waals surface area contributed by atoms with Gasteiger partial charge in [0.25, 0.3) is 5.91 Å². The summed E-state index contributed by atoms with van der Waals surface area (Å²) < 4.78 is 5.59. The molecule has 0 saturated carbocycles. The van der Waals surface area contributed by atoms with Gasteiger partial charge in [-0.05, 0) is 44.0 Å². The van der Waals surface area contributed by atoms with Gasteiger partial charge in [0.2, 0.25) is 5.91 Å².